The number of aryl methyl sites for hydroxylation is 3. The van der Waals surface area contributed by atoms with Crippen molar-refractivity contribution >= 4 is 39.7 Å². The number of para-hydroxylation sites is 1. The van der Waals surface area contributed by atoms with Gasteiger partial charge in [0, 0.05) is 23.1 Å². The van der Waals surface area contributed by atoms with E-state index < -0.39 is 0 Å². The first-order valence-electron chi connectivity index (χ1n) is 11.0. The molecule has 0 radical (unpaired) electrons. The number of hydrogen-bond acceptors (Lipinski definition) is 7. The van der Waals surface area contributed by atoms with Crippen LogP contribution in [0, 0.1) is 13.8 Å². The Bertz CT molecular complexity index is 1380. The van der Waals surface area contributed by atoms with E-state index in [2.05, 4.69) is 22.3 Å². The summed E-state index contributed by atoms with van der Waals surface area (Å²) < 4.78 is 7.02. The van der Waals surface area contributed by atoms with Gasteiger partial charge < -0.3 is 10.1 Å². The third-order valence-corrected chi connectivity index (χ3v) is 7.26. The highest BCUT2D eigenvalue weighted by molar-refractivity contribution is 7.98. The number of anilines is 1. The van der Waals surface area contributed by atoms with Crippen molar-refractivity contribution in [2.45, 2.75) is 44.3 Å². The zero-order valence-electron chi connectivity index (χ0n) is 19.3. The minimum absolute atomic E-state index is 0.0814. The van der Waals surface area contributed by atoms with E-state index in [-0.39, 0.29) is 18.1 Å². The number of ether oxygens (including phenoxy) is 1. The molecule has 0 aliphatic rings. The van der Waals surface area contributed by atoms with Crippen LogP contribution in [0.1, 0.15) is 35.2 Å². The summed E-state index contributed by atoms with van der Waals surface area (Å²) in [6.45, 7) is 6.04. The smallest absolute Gasteiger partial charge is 0.275 e. The highest BCUT2D eigenvalue weighted by atomic mass is 32.2. The average molecular weight is 495 g/mol. The van der Waals surface area contributed by atoms with Crippen molar-refractivity contribution in [2.75, 3.05) is 11.9 Å². The van der Waals surface area contributed by atoms with Crippen LogP contribution in [0.15, 0.2) is 58.2 Å². The molecule has 0 saturated carbocycles. The minimum atomic E-state index is -0.239. The van der Waals surface area contributed by atoms with Gasteiger partial charge in [-0.25, -0.2) is 4.98 Å². The summed E-state index contributed by atoms with van der Waals surface area (Å²) in [6.07, 6.45) is 1.80. The first-order chi connectivity index (χ1) is 16.4. The third-order valence-electron chi connectivity index (χ3n) is 5.19. The molecule has 7 nitrogen and oxygen atoms in total. The molecule has 0 aliphatic carbocycles. The van der Waals surface area contributed by atoms with Gasteiger partial charge in [-0.1, -0.05) is 36.5 Å². The number of thioether (sulfide) groups is 1. The van der Waals surface area contributed by atoms with Crippen LogP contribution in [-0.2, 0) is 17.0 Å². The van der Waals surface area contributed by atoms with Gasteiger partial charge in [0.2, 0.25) is 4.96 Å². The first kappa shape index (κ1) is 24.0. The Balaban J connectivity index is 1.40. The number of rotatable bonds is 9. The molecule has 2 heterocycles. The number of carbonyl (C=O) groups is 1. The van der Waals surface area contributed by atoms with Gasteiger partial charge in [-0.2, -0.15) is 9.61 Å². The molecular formula is C25H26N4O3S2. The van der Waals surface area contributed by atoms with E-state index in [1.165, 1.54) is 39.2 Å². The van der Waals surface area contributed by atoms with Crippen LogP contribution in [0.4, 0.5) is 5.69 Å². The van der Waals surface area contributed by atoms with Crippen LogP contribution in [0.3, 0.4) is 0 Å². The molecule has 0 spiro atoms. The van der Waals surface area contributed by atoms with E-state index in [0.717, 1.165) is 28.3 Å². The Morgan fingerprint density at radius 2 is 1.97 bits per heavy atom. The van der Waals surface area contributed by atoms with E-state index in [1.807, 2.05) is 56.3 Å². The molecule has 34 heavy (non-hydrogen) atoms. The maximum Gasteiger partial charge on any atom is 0.275 e. The molecule has 0 aliphatic heterocycles. The van der Waals surface area contributed by atoms with E-state index >= 15 is 0 Å². The highest BCUT2D eigenvalue weighted by Gasteiger charge is 2.12. The Labute approximate surface area is 206 Å². The molecule has 0 fully saturated rings. The van der Waals surface area contributed by atoms with Crippen LogP contribution >= 0.6 is 23.1 Å². The number of amides is 1. The van der Waals surface area contributed by atoms with Gasteiger partial charge in [0.1, 0.15) is 10.8 Å². The summed E-state index contributed by atoms with van der Waals surface area (Å²) in [4.78, 5) is 31.1. The molecule has 2 aromatic heterocycles. The predicted octanol–water partition coefficient (Wildman–Crippen LogP) is 5.03. The zero-order chi connectivity index (χ0) is 24.1. The molecule has 0 saturated heterocycles. The van der Waals surface area contributed by atoms with E-state index in [9.17, 15) is 9.59 Å². The summed E-state index contributed by atoms with van der Waals surface area (Å²) in [5.74, 6) is 0.926. The number of fused-ring (bicyclic) bond motifs is 1. The molecule has 0 bridgehead atoms. The van der Waals surface area contributed by atoms with E-state index in [4.69, 9.17) is 4.74 Å². The van der Waals surface area contributed by atoms with Crippen molar-refractivity contribution in [1.82, 2.24) is 14.6 Å². The fourth-order valence-corrected chi connectivity index (χ4v) is 5.19. The van der Waals surface area contributed by atoms with Crippen LogP contribution in [0.2, 0.25) is 0 Å². The van der Waals surface area contributed by atoms with Gasteiger partial charge in [-0.3, -0.25) is 9.59 Å². The lowest BCUT2D eigenvalue weighted by Gasteiger charge is -2.12. The summed E-state index contributed by atoms with van der Waals surface area (Å²) in [5.41, 5.74) is 3.49. The maximum absolute atomic E-state index is 12.5. The van der Waals surface area contributed by atoms with Crippen LogP contribution in [0.25, 0.3) is 4.96 Å². The number of carbonyl (C=O) groups excluding carboxylic acids is 1. The molecule has 176 valence electrons. The van der Waals surface area contributed by atoms with Crippen LogP contribution < -0.4 is 15.6 Å². The number of nitrogens with zero attached hydrogens (tertiary/aromatic N) is 3. The van der Waals surface area contributed by atoms with Gasteiger partial charge in [0.15, 0.2) is 6.61 Å². The van der Waals surface area contributed by atoms with Gasteiger partial charge in [-0.05, 0) is 55.7 Å². The standard InChI is InChI=1S/C25H26N4O3S2/c1-4-7-23-28-29-24(31)13-18(26-25(29)34-23)15-33-21-9-6-5-8-20(21)27-22(30)14-32-19-11-10-16(2)17(3)12-19/h5-6,8-13H,4,7,14-15H2,1-3H3,(H,27,30). The van der Waals surface area contributed by atoms with Gasteiger partial charge in [0.05, 0.1) is 11.4 Å². The largest absolute Gasteiger partial charge is 0.484 e. The van der Waals surface area contributed by atoms with Crippen molar-refractivity contribution < 1.29 is 9.53 Å². The summed E-state index contributed by atoms with van der Waals surface area (Å²) in [5, 5.41) is 8.18. The normalized spacial score (nSPS) is 11.0. The minimum Gasteiger partial charge on any atom is -0.484 e. The third kappa shape index (κ3) is 5.84. The fraction of sp³-hybridized carbons (Fsp3) is 0.280. The Kier molecular flexibility index (Phi) is 7.64. The van der Waals surface area contributed by atoms with Crippen LogP contribution in [-0.4, -0.2) is 27.1 Å². The second-order valence-corrected chi connectivity index (χ2v) is 9.95. The molecule has 4 rings (SSSR count). The Morgan fingerprint density at radius 3 is 2.76 bits per heavy atom. The second-order valence-electron chi connectivity index (χ2n) is 7.89. The topological polar surface area (TPSA) is 85.6 Å². The molecular weight excluding hydrogens is 468 g/mol. The number of aromatic nitrogens is 3. The van der Waals surface area contributed by atoms with Crippen LogP contribution in [0.5, 0.6) is 5.75 Å². The molecule has 0 atom stereocenters. The lowest BCUT2D eigenvalue weighted by Crippen LogP contribution is -2.20. The molecule has 1 N–H and O–H groups in total. The first-order valence-corrected chi connectivity index (χ1v) is 12.8. The Morgan fingerprint density at radius 1 is 1.15 bits per heavy atom. The highest BCUT2D eigenvalue weighted by Crippen LogP contribution is 2.29. The van der Waals surface area contributed by atoms with Crippen molar-refractivity contribution in [3.8, 4) is 5.75 Å². The van der Waals surface area contributed by atoms with Crippen molar-refractivity contribution in [2.24, 2.45) is 0 Å². The predicted molar refractivity (Wildman–Crippen MR) is 137 cm³/mol. The van der Waals surface area contributed by atoms with E-state index in [0.29, 0.717) is 27.8 Å². The monoisotopic (exact) mass is 494 g/mol. The second kappa shape index (κ2) is 10.8. The SMILES string of the molecule is CCCc1nn2c(=O)cc(CSc3ccccc3NC(=O)COc3ccc(C)c(C)c3)nc2s1. The van der Waals surface area contributed by atoms with Gasteiger partial charge in [-0.15, -0.1) is 11.8 Å². The van der Waals surface area contributed by atoms with Gasteiger partial charge in [0.25, 0.3) is 11.5 Å². The van der Waals surface area contributed by atoms with E-state index in [1.54, 1.807) is 0 Å². The fourth-order valence-electron chi connectivity index (χ4n) is 3.27. The van der Waals surface area contributed by atoms with Crippen molar-refractivity contribution in [3.63, 3.8) is 0 Å². The van der Waals surface area contributed by atoms with Crippen molar-refractivity contribution in [1.29, 1.82) is 0 Å². The molecule has 2 aromatic carbocycles. The lowest BCUT2D eigenvalue weighted by atomic mass is 10.1. The number of hydrogen-bond donors (Lipinski definition) is 1. The van der Waals surface area contributed by atoms with Crippen molar-refractivity contribution in [3.05, 3.63) is 80.7 Å². The molecule has 9 heteroatoms. The molecule has 1 amide bonds. The molecule has 0 unspecified atom stereocenters. The number of nitrogens with one attached hydrogen (secondary N) is 1. The molecule has 4 aromatic rings. The summed E-state index contributed by atoms with van der Waals surface area (Å²) in [7, 11) is 0. The Hall–Kier alpha value is -3.17. The lowest BCUT2D eigenvalue weighted by molar-refractivity contribution is -0.118. The zero-order valence-corrected chi connectivity index (χ0v) is 21.0. The van der Waals surface area contributed by atoms with Gasteiger partial charge >= 0.3 is 0 Å². The quantitative estimate of drug-likeness (QED) is 0.329. The summed E-state index contributed by atoms with van der Waals surface area (Å²) >= 11 is 2.96. The number of benzene rings is 2. The summed E-state index contributed by atoms with van der Waals surface area (Å²) in [6, 6.07) is 14.8. The maximum atomic E-state index is 12.5. The average Bonchev–Trinajstić information content (AvgIpc) is 3.23.